The first-order valence-corrected chi connectivity index (χ1v) is 7.63. The largest absolute Gasteiger partial charge is 0.838 e. The van der Waals surface area contributed by atoms with Crippen LogP contribution < -0.4 is 15.1 Å². The number of rotatable bonds is 5. The Hall–Kier alpha value is 0.150. The molecule has 0 aliphatic rings. The van der Waals surface area contributed by atoms with E-state index in [2.05, 4.69) is 0 Å². The maximum atomic E-state index is 11.2. The lowest BCUT2D eigenvalue weighted by Gasteiger charge is -2.35. The summed E-state index contributed by atoms with van der Waals surface area (Å²) >= 11 is 12.4. The van der Waals surface area contributed by atoms with E-state index in [0.29, 0.717) is 17.3 Å². The number of hydrogen-bond acceptors (Lipinski definition) is 2. The molecule has 1 rings (SSSR count). The molecule has 0 heterocycles. The smallest absolute Gasteiger partial charge is 0.0591 e. The van der Waals surface area contributed by atoms with Gasteiger partial charge in [0, 0.05) is 0 Å². The van der Waals surface area contributed by atoms with E-state index < -0.39 is 8.38 Å². The predicted octanol–water partition coefficient (Wildman–Crippen LogP) is 2.72. The monoisotopic (exact) mass is 292 g/mol. The Bertz CT molecular complexity index is 372. The number of alkyl halides is 2. The Balaban J connectivity index is 3.34. The quantitative estimate of drug-likeness (QED) is 0.619. The van der Waals surface area contributed by atoms with E-state index in [1.807, 2.05) is 19.9 Å². The summed E-state index contributed by atoms with van der Waals surface area (Å²) in [6.07, 6.45) is 1.41. The lowest BCUT2D eigenvalue weighted by Crippen LogP contribution is -2.25. The summed E-state index contributed by atoms with van der Waals surface area (Å²) in [5.74, 6) is 0. The van der Waals surface area contributed by atoms with Crippen LogP contribution in [0.25, 0.3) is 0 Å². The van der Waals surface area contributed by atoms with Crippen molar-refractivity contribution in [2.75, 3.05) is 0 Å². The molecule has 0 amide bonds. The highest BCUT2D eigenvalue weighted by Gasteiger charge is 2.18. The minimum atomic E-state index is -2.64. The standard InChI is InChI=1S/C12H15Cl2O2P/c1-3-9(13)8-6-5-7-11(17(15)16)12(8)10(14)4-2/h5-7,9-10H,3-4H2,1-2H3/q-2. The zero-order valence-corrected chi connectivity index (χ0v) is 12.2. The number of hydrogen-bond donors (Lipinski definition) is 0. The molecule has 5 heteroatoms. The van der Waals surface area contributed by atoms with Crippen LogP contribution in [0.3, 0.4) is 0 Å². The van der Waals surface area contributed by atoms with Gasteiger partial charge in [-0.2, -0.15) is 0 Å². The molecule has 1 aromatic rings. The number of halogens is 2. The second-order valence-electron chi connectivity index (χ2n) is 3.79. The van der Waals surface area contributed by atoms with Gasteiger partial charge in [-0.25, -0.2) is 0 Å². The molecule has 0 aromatic heterocycles. The van der Waals surface area contributed by atoms with Gasteiger partial charge in [0.2, 0.25) is 0 Å². The van der Waals surface area contributed by atoms with Crippen LogP contribution >= 0.6 is 31.6 Å². The van der Waals surface area contributed by atoms with Crippen LogP contribution in [-0.4, -0.2) is 0 Å². The molecule has 2 nitrogen and oxygen atoms in total. The van der Waals surface area contributed by atoms with E-state index in [9.17, 15) is 9.79 Å². The summed E-state index contributed by atoms with van der Waals surface area (Å²) in [6.45, 7) is 3.88. The topological polar surface area (TPSA) is 46.1 Å². The highest BCUT2D eigenvalue weighted by atomic mass is 35.5. The van der Waals surface area contributed by atoms with Crippen LogP contribution in [0.1, 0.15) is 48.6 Å². The maximum absolute atomic E-state index is 11.2. The Kier molecular flexibility index (Phi) is 6.19. The third kappa shape index (κ3) is 3.56. The Labute approximate surface area is 113 Å². The summed E-state index contributed by atoms with van der Waals surface area (Å²) in [5, 5.41) is -0.229. The first-order chi connectivity index (χ1) is 8.02. The Morgan fingerprint density at radius 1 is 1.12 bits per heavy atom. The van der Waals surface area contributed by atoms with Gasteiger partial charge >= 0.3 is 0 Å². The second kappa shape index (κ2) is 6.92. The molecule has 17 heavy (non-hydrogen) atoms. The summed E-state index contributed by atoms with van der Waals surface area (Å²) in [7, 11) is -2.64. The fraction of sp³-hybridized carbons (Fsp3) is 0.500. The number of benzene rings is 1. The molecule has 0 radical (unpaired) electrons. The molecule has 0 saturated heterocycles. The summed E-state index contributed by atoms with van der Waals surface area (Å²) < 4.78 is 0. The van der Waals surface area contributed by atoms with E-state index in [1.54, 1.807) is 12.1 Å². The third-order valence-corrected chi connectivity index (χ3v) is 4.53. The molecule has 2 atom stereocenters. The maximum Gasteiger partial charge on any atom is 0.0591 e. The van der Waals surface area contributed by atoms with Crippen molar-refractivity contribution < 1.29 is 9.79 Å². The summed E-state index contributed by atoms with van der Waals surface area (Å²) in [5.41, 5.74) is 1.49. The average molecular weight is 293 g/mol. The second-order valence-corrected chi connectivity index (χ2v) is 5.84. The molecular weight excluding hydrogens is 278 g/mol. The fourth-order valence-electron chi connectivity index (χ4n) is 1.77. The normalized spacial score (nSPS) is 15.0. The van der Waals surface area contributed by atoms with Gasteiger partial charge in [0.25, 0.3) is 0 Å². The van der Waals surface area contributed by atoms with Crippen molar-refractivity contribution in [3.63, 3.8) is 0 Å². The zero-order chi connectivity index (χ0) is 13.0. The summed E-state index contributed by atoms with van der Waals surface area (Å²) in [6, 6.07) is 5.14. The molecular formula is C12H15Cl2O2P-2. The van der Waals surface area contributed by atoms with E-state index in [-0.39, 0.29) is 10.8 Å². The van der Waals surface area contributed by atoms with Crippen LogP contribution in [0, 0.1) is 0 Å². The van der Waals surface area contributed by atoms with Crippen molar-refractivity contribution in [3.8, 4) is 0 Å². The minimum absolute atomic E-state index is 0.201. The first kappa shape index (κ1) is 15.2. The van der Waals surface area contributed by atoms with E-state index >= 15 is 0 Å². The molecule has 2 unspecified atom stereocenters. The minimum Gasteiger partial charge on any atom is -0.838 e. The predicted molar refractivity (Wildman–Crippen MR) is 70.8 cm³/mol. The lowest BCUT2D eigenvalue weighted by molar-refractivity contribution is -0.287. The van der Waals surface area contributed by atoms with E-state index in [0.717, 1.165) is 12.0 Å². The van der Waals surface area contributed by atoms with Crippen molar-refractivity contribution in [2.24, 2.45) is 0 Å². The van der Waals surface area contributed by atoms with Gasteiger partial charge in [0.1, 0.15) is 0 Å². The van der Waals surface area contributed by atoms with Gasteiger partial charge in [-0.1, -0.05) is 37.4 Å². The van der Waals surface area contributed by atoms with Gasteiger partial charge in [-0.15, -0.1) is 23.2 Å². The third-order valence-electron chi connectivity index (χ3n) is 2.68. The van der Waals surface area contributed by atoms with Crippen LogP contribution in [-0.2, 0) is 0 Å². The van der Waals surface area contributed by atoms with Crippen molar-refractivity contribution in [1.82, 2.24) is 0 Å². The van der Waals surface area contributed by atoms with Crippen molar-refractivity contribution in [1.29, 1.82) is 0 Å². The first-order valence-electron chi connectivity index (χ1n) is 5.58. The van der Waals surface area contributed by atoms with E-state index in [1.165, 1.54) is 0 Å². The highest BCUT2D eigenvalue weighted by molar-refractivity contribution is 7.51. The van der Waals surface area contributed by atoms with Crippen molar-refractivity contribution >= 4 is 36.9 Å². The van der Waals surface area contributed by atoms with Crippen LogP contribution in [0.15, 0.2) is 18.2 Å². The molecule has 0 spiro atoms. The molecule has 0 fully saturated rings. The Morgan fingerprint density at radius 3 is 2.18 bits per heavy atom. The van der Waals surface area contributed by atoms with Gasteiger partial charge < -0.3 is 9.79 Å². The molecule has 0 aliphatic heterocycles. The molecule has 0 bridgehead atoms. The van der Waals surface area contributed by atoms with Crippen LogP contribution in [0.4, 0.5) is 0 Å². The summed E-state index contributed by atoms with van der Waals surface area (Å²) in [4.78, 5) is 22.5. The molecule has 96 valence electrons. The average Bonchev–Trinajstić information content (AvgIpc) is 2.35. The van der Waals surface area contributed by atoms with Crippen LogP contribution in [0.2, 0.25) is 0 Å². The van der Waals surface area contributed by atoms with Crippen LogP contribution in [0.5, 0.6) is 0 Å². The van der Waals surface area contributed by atoms with Crippen molar-refractivity contribution in [3.05, 3.63) is 29.3 Å². The van der Waals surface area contributed by atoms with Crippen molar-refractivity contribution in [2.45, 2.75) is 37.4 Å². The molecule has 0 N–H and O–H groups in total. The highest BCUT2D eigenvalue weighted by Crippen LogP contribution is 2.36. The van der Waals surface area contributed by atoms with Gasteiger partial charge in [-0.3, -0.25) is 8.38 Å². The zero-order valence-electron chi connectivity index (χ0n) is 9.82. The van der Waals surface area contributed by atoms with Gasteiger partial charge in [0.05, 0.1) is 10.8 Å². The molecule has 1 aromatic carbocycles. The lowest BCUT2D eigenvalue weighted by atomic mass is 9.99. The molecule has 0 saturated carbocycles. The van der Waals surface area contributed by atoms with E-state index in [4.69, 9.17) is 23.2 Å². The SMILES string of the molecule is CCC(Cl)c1cccc(P([O-])[O-])c1C(Cl)CC. The molecule has 0 aliphatic carbocycles. The van der Waals surface area contributed by atoms with Gasteiger partial charge in [0.15, 0.2) is 0 Å². The Morgan fingerprint density at radius 2 is 1.71 bits per heavy atom. The fourth-order valence-corrected chi connectivity index (χ4v) is 2.97. The van der Waals surface area contributed by atoms with Gasteiger partial charge in [-0.05, 0) is 24.0 Å².